The second kappa shape index (κ2) is 5.25. The van der Waals surface area contributed by atoms with Gasteiger partial charge in [-0.15, -0.1) is 11.3 Å². The number of carbonyl (C=O) groups excluding carboxylic acids is 1. The topological polar surface area (TPSA) is 89.3 Å². The van der Waals surface area contributed by atoms with Crippen molar-refractivity contribution in [3.63, 3.8) is 0 Å². The number of fused-ring (bicyclic) bond motifs is 1. The van der Waals surface area contributed by atoms with Crippen molar-refractivity contribution >= 4 is 27.3 Å². The lowest BCUT2D eigenvalue weighted by molar-refractivity contribution is 0.0950. The smallest absolute Gasteiger partial charge is 0.252 e. The monoisotopic (exact) mass is 322 g/mol. The molecule has 7 heteroatoms. The molecular formula is C14H14N2O3S2. The Hall–Kier alpha value is -1.70. The highest BCUT2D eigenvalue weighted by molar-refractivity contribution is 7.91. The summed E-state index contributed by atoms with van der Waals surface area (Å²) in [4.78, 5) is 12.0. The average Bonchev–Trinajstić information content (AvgIpc) is 2.89. The van der Waals surface area contributed by atoms with Gasteiger partial charge in [0.25, 0.3) is 5.91 Å². The minimum atomic E-state index is -3.74. The van der Waals surface area contributed by atoms with E-state index in [1.165, 1.54) is 22.6 Å². The van der Waals surface area contributed by atoms with Crippen molar-refractivity contribution in [2.75, 3.05) is 6.54 Å². The minimum absolute atomic E-state index is 0.00152. The standard InChI is InChI=1S/C14H14N2O3S2/c15-21(18,19)13-6-11(8-20-13)14(17)16-7-10-5-9-3-1-2-4-12(9)10/h1-4,6,8,10H,5,7H2,(H,16,17)(H2,15,18,19). The highest BCUT2D eigenvalue weighted by Crippen LogP contribution is 2.34. The second-order valence-corrected chi connectivity index (χ2v) is 7.71. The molecule has 1 heterocycles. The predicted molar refractivity (Wildman–Crippen MR) is 80.9 cm³/mol. The number of amides is 1. The van der Waals surface area contributed by atoms with Crippen molar-refractivity contribution in [2.24, 2.45) is 5.14 Å². The van der Waals surface area contributed by atoms with Crippen LogP contribution >= 0.6 is 11.3 Å². The number of benzene rings is 1. The Labute approximate surface area is 126 Å². The average molecular weight is 322 g/mol. The first kappa shape index (κ1) is 14.2. The van der Waals surface area contributed by atoms with E-state index in [0.717, 1.165) is 17.8 Å². The van der Waals surface area contributed by atoms with Crippen molar-refractivity contribution in [1.82, 2.24) is 5.32 Å². The van der Waals surface area contributed by atoms with Crippen LogP contribution in [-0.4, -0.2) is 20.9 Å². The van der Waals surface area contributed by atoms with E-state index in [2.05, 4.69) is 17.4 Å². The fraction of sp³-hybridized carbons (Fsp3) is 0.214. The molecule has 1 amide bonds. The summed E-state index contributed by atoms with van der Waals surface area (Å²) in [6, 6.07) is 9.46. The largest absolute Gasteiger partial charge is 0.351 e. The molecule has 21 heavy (non-hydrogen) atoms. The Bertz CT molecular complexity index is 796. The van der Waals surface area contributed by atoms with Crippen LogP contribution in [0.1, 0.15) is 27.4 Å². The molecule has 5 nitrogen and oxygen atoms in total. The Morgan fingerprint density at radius 3 is 2.81 bits per heavy atom. The van der Waals surface area contributed by atoms with Gasteiger partial charge in [-0.3, -0.25) is 4.79 Å². The number of rotatable bonds is 4. The Morgan fingerprint density at radius 1 is 1.38 bits per heavy atom. The Kier molecular flexibility index (Phi) is 3.56. The molecule has 1 unspecified atom stereocenters. The van der Waals surface area contributed by atoms with Gasteiger partial charge in [0.15, 0.2) is 0 Å². The molecule has 0 saturated heterocycles. The summed E-state index contributed by atoms with van der Waals surface area (Å²) < 4.78 is 22.4. The van der Waals surface area contributed by atoms with Gasteiger partial charge in [0.1, 0.15) is 4.21 Å². The molecule has 1 atom stereocenters. The van der Waals surface area contributed by atoms with Crippen molar-refractivity contribution < 1.29 is 13.2 Å². The van der Waals surface area contributed by atoms with Gasteiger partial charge in [0.05, 0.1) is 5.56 Å². The van der Waals surface area contributed by atoms with Crippen molar-refractivity contribution in [3.05, 3.63) is 52.4 Å². The van der Waals surface area contributed by atoms with Crippen LogP contribution in [0.3, 0.4) is 0 Å². The molecule has 0 radical (unpaired) electrons. The number of thiophene rings is 1. The van der Waals surface area contributed by atoms with E-state index in [9.17, 15) is 13.2 Å². The number of hydrogen-bond acceptors (Lipinski definition) is 4. The van der Waals surface area contributed by atoms with Gasteiger partial charge in [-0.2, -0.15) is 0 Å². The summed E-state index contributed by atoms with van der Waals surface area (Å²) in [6.07, 6.45) is 0.961. The molecule has 3 N–H and O–H groups in total. The Morgan fingerprint density at radius 2 is 2.14 bits per heavy atom. The summed E-state index contributed by atoms with van der Waals surface area (Å²) in [5.74, 6) is 0.0621. The number of nitrogens with two attached hydrogens (primary N) is 1. The van der Waals surface area contributed by atoms with Gasteiger partial charge in [0.2, 0.25) is 10.0 Å². The maximum absolute atomic E-state index is 12.0. The quantitative estimate of drug-likeness (QED) is 0.893. The van der Waals surface area contributed by atoms with E-state index < -0.39 is 10.0 Å². The number of sulfonamides is 1. The van der Waals surface area contributed by atoms with Crippen LogP contribution in [0, 0.1) is 0 Å². The van der Waals surface area contributed by atoms with Gasteiger partial charge in [-0.1, -0.05) is 24.3 Å². The molecule has 3 rings (SSSR count). The van der Waals surface area contributed by atoms with E-state index in [-0.39, 0.29) is 10.1 Å². The van der Waals surface area contributed by atoms with E-state index in [4.69, 9.17) is 5.14 Å². The molecule has 2 aromatic rings. The molecular weight excluding hydrogens is 308 g/mol. The first-order chi connectivity index (χ1) is 9.95. The molecule has 0 saturated carbocycles. The lowest BCUT2D eigenvalue weighted by Crippen LogP contribution is -2.32. The fourth-order valence-corrected chi connectivity index (χ4v) is 4.03. The highest BCUT2D eigenvalue weighted by atomic mass is 32.2. The summed E-state index contributed by atoms with van der Waals surface area (Å²) >= 11 is 0.954. The predicted octanol–water partition coefficient (Wildman–Crippen LogP) is 1.47. The first-order valence-corrected chi connectivity index (χ1v) is 8.85. The summed E-state index contributed by atoms with van der Waals surface area (Å²) in [5.41, 5.74) is 2.92. The normalized spacial score (nSPS) is 16.9. The van der Waals surface area contributed by atoms with Crippen LogP contribution in [0.5, 0.6) is 0 Å². The molecule has 110 valence electrons. The SMILES string of the molecule is NS(=O)(=O)c1cc(C(=O)NCC2Cc3ccccc32)cs1. The summed E-state index contributed by atoms with van der Waals surface area (Å²) in [6.45, 7) is 0.552. The molecule has 0 aliphatic heterocycles. The van der Waals surface area contributed by atoms with Gasteiger partial charge >= 0.3 is 0 Å². The number of hydrogen-bond donors (Lipinski definition) is 2. The van der Waals surface area contributed by atoms with Gasteiger partial charge in [0, 0.05) is 17.8 Å². The molecule has 1 aliphatic rings. The molecule has 0 spiro atoms. The third-order valence-corrected chi connectivity index (χ3v) is 5.97. The van der Waals surface area contributed by atoms with Crippen LogP contribution in [0.25, 0.3) is 0 Å². The van der Waals surface area contributed by atoms with E-state index in [1.807, 2.05) is 12.1 Å². The maximum Gasteiger partial charge on any atom is 0.252 e. The molecule has 0 bridgehead atoms. The first-order valence-electron chi connectivity index (χ1n) is 6.42. The van der Waals surface area contributed by atoms with E-state index >= 15 is 0 Å². The maximum atomic E-state index is 12.0. The second-order valence-electron chi connectivity index (χ2n) is 5.01. The van der Waals surface area contributed by atoms with E-state index in [1.54, 1.807) is 0 Å². The van der Waals surface area contributed by atoms with Crippen molar-refractivity contribution in [2.45, 2.75) is 16.5 Å². The van der Waals surface area contributed by atoms with Gasteiger partial charge in [-0.05, 0) is 23.6 Å². The highest BCUT2D eigenvalue weighted by Gasteiger charge is 2.25. The third kappa shape index (κ3) is 2.85. The van der Waals surface area contributed by atoms with Crippen molar-refractivity contribution in [1.29, 1.82) is 0 Å². The number of nitrogens with one attached hydrogen (secondary N) is 1. The zero-order valence-corrected chi connectivity index (χ0v) is 12.7. The molecule has 1 aromatic heterocycles. The van der Waals surface area contributed by atoms with Crippen molar-refractivity contribution in [3.8, 4) is 0 Å². The molecule has 1 aromatic carbocycles. The summed E-state index contributed by atoms with van der Waals surface area (Å²) in [7, 11) is -3.74. The van der Waals surface area contributed by atoms with Crippen LogP contribution in [0.4, 0.5) is 0 Å². The number of carbonyl (C=O) groups is 1. The lowest BCUT2D eigenvalue weighted by atomic mass is 9.77. The molecule has 0 fully saturated rings. The number of primary sulfonamides is 1. The van der Waals surface area contributed by atoms with Crippen LogP contribution in [-0.2, 0) is 16.4 Å². The van der Waals surface area contributed by atoms with E-state index in [0.29, 0.717) is 18.0 Å². The van der Waals surface area contributed by atoms with Crippen LogP contribution in [0.2, 0.25) is 0 Å². The van der Waals surface area contributed by atoms with Crippen LogP contribution in [0.15, 0.2) is 39.9 Å². The zero-order valence-electron chi connectivity index (χ0n) is 11.1. The fourth-order valence-electron chi connectivity index (χ4n) is 2.45. The Balaban J connectivity index is 1.62. The lowest BCUT2D eigenvalue weighted by Gasteiger charge is -2.30. The zero-order chi connectivity index (χ0) is 15.0. The van der Waals surface area contributed by atoms with Gasteiger partial charge < -0.3 is 5.32 Å². The molecule has 1 aliphatic carbocycles. The minimum Gasteiger partial charge on any atom is -0.351 e. The van der Waals surface area contributed by atoms with Crippen LogP contribution < -0.4 is 10.5 Å². The third-order valence-electron chi connectivity index (χ3n) is 3.59. The summed E-state index contributed by atoms with van der Waals surface area (Å²) in [5, 5.41) is 9.37. The van der Waals surface area contributed by atoms with Gasteiger partial charge in [-0.25, -0.2) is 13.6 Å².